The maximum absolute atomic E-state index is 12.9. The summed E-state index contributed by atoms with van der Waals surface area (Å²) < 4.78 is 22.9. The zero-order chi connectivity index (χ0) is 11.1. The van der Waals surface area contributed by atoms with Crippen LogP contribution >= 0.6 is 0 Å². The summed E-state index contributed by atoms with van der Waals surface area (Å²) in [7, 11) is 1.58. The van der Waals surface area contributed by atoms with Gasteiger partial charge in [-0.3, -0.25) is 0 Å². The van der Waals surface area contributed by atoms with Gasteiger partial charge < -0.3 is 9.47 Å². The molecule has 0 aliphatic rings. The van der Waals surface area contributed by atoms with Gasteiger partial charge in [0.25, 0.3) is 0 Å². The molecule has 0 aliphatic heterocycles. The molecule has 1 aromatic rings. The smallest absolute Gasteiger partial charge is 0.123 e. The highest BCUT2D eigenvalue weighted by atomic mass is 19.1. The molecule has 0 saturated carbocycles. The first-order chi connectivity index (χ1) is 7.27. The van der Waals surface area contributed by atoms with Gasteiger partial charge >= 0.3 is 0 Å². The molecule has 3 nitrogen and oxygen atoms in total. The van der Waals surface area contributed by atoms with Gasteiger partial charge in [-0.15, -0.1) is 0 Å². The van der Waals surface area contributed by atoms with Gasteiger partial charge in [0.05, 0.1) is 31.5 Å². The van der Waals surface area contributed by atoms with Gasteiger partial charge in [0.2, 0.25) is 0 Å². The molecule has 0 amide bonds. The summed E-state index contributed by atoms with van der Waals surface area (Å²) in [6.07, 6.45) is 0. The number of nitriles is 1. The summed E-state index contributed by atoms with van der Waals surface area (Å²) in [4.78, 5) is 0. The number of methoxy groups -OCH3 is 1. The topological polar surface area (TPSA) is 42.2 Å². The largest absolute Gasteiger partial charge is 0.382 e. The molecule has 80 valence electrons. The Morgan fingerprint density at radius 3 is 2.87 bits per heavy atom. The Balaban J connectivity index is 2.59. The summed E-state index contributed by atoms with van der Waals surface area (Å²) in [5.74, 6) is -0.362. The fourth-order valence-corrected chi connectivity index (χ4v) is 1.12. The van der Waals surface area contributed by atoms with E-state index in [1.54, 1.807) is 7.11 Å². The molecule has 0 saturated heterocycles. The minimum absolute atomic E-state index is 0.226. The second-order valence-corrected chi connectivity index (χ2v) is 2.96. The average Bonchev–Trinajstić information content (AvgIpc) is 2.25. The fourth-order valence-electron chi connectivity index (χ4n) is 1.12. The normalized spacial score (nSPS) is 9.93. The van der Waals surface area contributed by atoms with E-state index < -0.39 is 0 Å². The first kappa shape index (κ1) is 11.6. The van der Waals surface area contributed by atoms with Crippen LogP contribution < -0.4 is 0 Å². The van der Waals surface area contributed by atoms with Crippen molar-refractivity contribution in [2.45, 2.75) is 6.61 Å². The van der Waals surface area contributed by atoms with Gasteiger partial charge in [0, 0.05) is 7.11 Å². The van der Waals surface area contributed by atoms with Crippen molar-refractivity contribution in [1.82, 2.24) is 0 Å². The van der Waals surface area contributed by atoms with Crippen molar-refractivity contribution in [2.24, 2.45) is 0 Å². The van der Waals surface area contributed by atoms with E-state index in [-0.39, 0.29) is 12.4 Å². The van der Waals surface area contributed by atoms with Crippen LogP contribution in [0.15, 0.2) is 18.2 Å². The zero-order valence-corrected chi connectivity index (χ0v) is 8.50. The van der Waals surface area contributed by atoms with Crippen LogP contribution in [0.25, 0.3) is 0 Å². The van der Waals surface area contributed by atoms with Crippen LogP contribution in [-0.2, 0) is 16.1 Å². The lowest BCUT2D eigenvalue weighted by Crippen LogP contribution is -2.03. The first-order valence-electron chi connectivity index (χ1n) is 4.53. The Labute approximate surface area is 88.0 Å². The quantitative estimate of drug-likeness (QED) is 0.695. The lowest BCUT2D eigenvalue weighted by atomic mass is 10.1. The number of hydrogen-bond donors (Lipinski definition) is 0. The van der Waals surface area contributed by atoms with E-state index in [4.69, 9.17) is 14.7 Å². The summed E-state index contributed by atoms with van der Waals surface area (Å²) in [5, 5.41) is 8.76. The third-order valence-electron chi connectivity index (χ3n) is 1.88. The SMILES string of the molecule is COCCOCc1cc(F)ccc1C#N. The van der Waals surface area contributed by atoms with Gasteiger partial charge in [0.1, 0.15) is 5.82 Å². The first-order valence-corrected chi connectivity index (χ1v) is 4.53. The summed E-state index contributed by atoms with van der Waals surface area (Å²) in [5.41, 5.74) is 1.00. The third kappa shape index (κ3) is 3.66. The molecule has 0 fully saturated rings. The van der Waals surface area contributed by atoms with Crippen LogP contribution in [0.1, 0.15) is 11.1 Å². The van der Waals surface area contributed by atoms with Gasteiger partial charge in [-0.05, 0) is 23.8 Å². The molecule has 0 unspecified atom stereocenters. The Bertz CT molecular complexity index is 360. The molecule has 0 atom stereocenters. The number of benzene rings is 1. The minimum Gasteiger partial charge on any atom is -0.382 e. The minimum atomic E-state index is -0.362. The van der Waals surface area contributed by atoms with Gasteiger partial charge in [-0.2, -0.15) is 5.26 Å². The summed E-state index contributed by atoms with van der Waals surface area (Å²) >= 11 is 0. The second-order valence-electron chi connectivity index (χ2n) is 2.96. The van der Waals surface area contributed by atoms with Gasteiger partial charge in [-0.1, -0.05) is 0 Å². The Morgan fingerprint density at radius 1 is 1.40 bits per heavy atom. The molecular formula is C11H12FNO2. The maximum Gasteiger partial charge on any atom is 0.123 e. The molecule has 0 aromatic heterocycles. The average molecular weight is 209 g/mol. The zero-order valence-electron chi connectivity index (χ0n) is 8.50. The van der Waals surface area contributed by atoms with E-state index in [0.29, 0.717) is 24.3 Å². The molecular weight excluding hydrogens is 197 g/mol. The molecule has 0 N–H and O–H groups in total. The number of nitrogens with zero attached hydrogens (tertiary/aromatic N) is 1. The van der Waals surface area contributed by atoms with Crippen molar-refractivity contribution in [3.63, 3.8) is 0 Å². The Hall–Kier alpha value is -1.44. The van der Waals surface area contributed by atoms with Crippen molar-refractivity contribution in [2.75, 3.05) is 20.3 Å². The lowest BCUT2D eigenvalue weighted by molar-refractivity contribution is 0.0615. The number of ether oxygens (including phenoxy) is 2. The van der Waals surface area contributed by atoms with Crippen molar-refractivity contribution < 1.29 is 13.9 Å². The van der Waals surface area contributed by atoms with Crippen LogP contribution in [0.5, 0.6) is 0 Å². The van der Waals surface area contributed by atoms with E-state index in [1.807, 2.05) is 6.07 Å². The predicted molar refractivity (Wildman–Crippen MR) is 52.6 cm³/mol. The Kier molecular flexibility index (Phi) is 4.75. The van der Waals surface area contributed by atoms with Crippen LogP contribution in [0.3, 0.4) is 0 Å². The molecule has 4 heteroatoms. The molecule has 1 rings (SSSR count). The summed E-state index contributed by atoms with van der Waals surface area (Å²) in [6.45, 7) is 1.14. The third-order valence-corrected chi connectivity index (χ3v) is 1.88. The van der Waals surface area contributed by atoms with Crippen molar-refractivity contribution in [3.8, 4) is 6.07 Å². The van der Waals surface area contributed by atoms with E-state index in [2.05, 4.69) is 0 Å². The van der Waals surface area contributed by atoms with Gasteiger partial charge in [0.15, 0.2) is 0 Å². The van der Waals surface area contributed by atoms with E-state index in [1.165, 1.54) is 18.2 Å². The van der Waals surface area contributed by atoms with Crippen LogP contribution in [0, 0.1) is 17.1 Å². The highest BCUT2D eigenvalue weighted by Crippen LogP contribution is 2.11. The van der Waals surface area contributed by atoms with E-state index in [0.717, 1.165) is 0 Å². The standard InChI is InChI=1S/C11H12FNO2/c1-14-4-5-15-8-10-6-11(12)3-2-9(10)7-13/h2-3,6H,4-5,8H2,1H3. The van der Waals surface area contributed by atoms with Crippen molar-refractivity contribution in [3.05, 3.63) is 35.1 Å². The van der Waals surface area contributed by atoms with Gasteiger partial charge in [-0.25, -0.2) is 4.39 Å². The van der Waals surface area contributed by atoms with Crippen LogP contribution in [0.4, 0.5) is 4.39 Å². The molecule has 0 aliphatic carbocycles. The number of halogens is 1. The van der Waals surface area contributed by atoms with Crippen molar-refractivity contribution in [1.29, 1.82) is 5.26 Å². The van der Waals surface area contributed by atoms with E-state index in [9.17, 15) is 4.39 Å². The highest BCUT2D eigenvalue weighted by Gasteiger charge is 2.03. The van der Waals surface area contributed by atoms with Crippen LogP contribution in [0.2, 0.25) is 0 Å². The lowest BCUT2D eigenvalue weighted by Gasteiger charge is -2.05. The monoisotopic (exact) mass is 209 g/mol. The summed E-state index contributed by atoms with van der Waals surface area (Å²) in [6, 6.07) is 6.01. The van der Waals surface area contributed by atoms with Crippen LogP contribution in [-0.4, -0.2) is 20.3 Å². The second kappa shape index (κ2) is 6.12. The molecule has 0 spiro atoms. The Morgan fingerprint density at radius 2 is 2.20 bits per heavy atom. The maximum atomic E-state index is 12.9. The molecule has 15 heavy (non-hydrogen) atoms. The fraction of sp³-hybridized carbons (Fsp3) is 0.364. The molecule has 0 heterocycles. The molecule has 0 radical (unpaired) electrons. The molecule has 0 bridgehead atoms. The van der Waals surface area contributed by atoms with E-state index >= 15 is 0 Å². The number of rotatable bonds is 5. The van der Waals surface area contributed by atoms with Crippen molar-refractivity contribution >= 4 is 0 Å². The highest BCUT2D eigenvalue weighted by molar-refractivity contribution is 5.37. The number of hydrogen-bond acceptors (Lipinski definition) is 3. The predicted octanol–water partition coefficient (Wildman–Crippen LogP) is 1.86. The molecule has 1 aromatic carbocycles.